The van der Waals surface area contributed by atoms with Gasteiger partial charge in [-0.2, -0.15) is 4.31 Å². The average Bonchev–Trinajstić information content (AvgIpc) is 2.62. The summed E-state index contributed by atoms with van der Waals surface area (Å²) in [4.78, 5) is 8.68. The summed E-state index contributed by atoms with van der Waals surface area (Å²) in [5.41, 5.74) is 0.902. The highest BCUT2D eigenvalue weighted by molar-refractivity contribution is 7.89. The zero-order valence-corrected chi connectivity index (χ0v) is 13.7. The minimum absolute atomic E-state index is 0.253. The Morgan fingerprint density at radius 1 is 1.04 bits per heavy atom. The molecule has 23 heavy (non-hydrogen) atoms. The second kappa shape index (κ2) is 7.06. The smallest absolute Gasteiger partial charge is 0.244 e. The Morgan fingerprint density at radius 3 is 2.52 bits per heavy atom. The van der Waals surface area contributed by atoms with E-state index in [1.807, 2.05) is 18.2 Å². The largest absolute Gasteiger partial charge is 0.364 e. The Hall–Kier alpha value is -1.99. The highest BCUT2D eigenvalue weighted by atomic mass is 32.2. The van der Waals surface area contributed by atoms with Crippen LogP contribution in [0.3, 0.4) is 0 Å². The van der Waals surface area contributed by atoms with E-state index in [1.54, 1.807) is 22.6 Å². The van der Waals surface area contributed by atoms with Crippen molar-refractivity contribution < 1.29 is 8.42 Å². The fourth-order valence-corrected chi connectivity index (χ4v) is 4.04. The molecule has 1 fully saturated rings. The Morgan fingerprint density at radius 2 is 1.87 bits per heavy atom. The maximum atomic E-state index is 12.5. The predicted octanol–water partition coefficient (Wildman–Crippen LogP) is 2.26. The summed E-state index contributed by atoms with van der Waals surface area (Å²) in [7, 11) is -3.42. The van der Waals surface area contributed by atoms with Crippen molar-refractivity contribution in [2.45, 2.75) is 30.7 Å². The molecule has 0 spiro atoms. The molecule has 3 rings (SSSR count). The van der Waals surface area contributed by atoms with E-state index in [-0.39, 0.29) is 4.90 Å². The molecule has 1 saturated heterocycles. The molecule has 122 valence electrons. The SMILES string of the molecule is O=S(=O)(c1ccc(NCc2ccccn2)nc1)N1CCCCC1. The van der Waals surface area contributed by atoms with E-state index in [0.717, 1.165) is 25.0 Å². The summed E-state index contributed by atoms with van der Waals surface area (Å²) in [5, 5.41) is 3.14. The van der Waals surface area contributed by atoms with Crippen LogP contribution in [0.1, 0.15) is 25.0 Å². The van der Waals surface area contributed by atoms with Gasteiger partial charge in [-0.15, -0.1) is 0 Å². The van der Waals surface area contributed by atoms with Gasteiger partial charge in [0.1, 0.15) is 10.7 Å². The fourth-order valence-electron chi connectivity index (χ4n) is 2.58. The number of nitrogens with zero attached hydrogens (tertiary/aromatic N) is 3. The topological polar surface area (TPSA) is 75.2 Å². The Balaban J connectivity index is 1.66. The van der Waals surface area contributed by atoms with E-state index in [4.69, 9.17) is 0 Å². The molecule has 0 saturated carbocycles. The van der Waals surface area contributed by atoms with Gasteiger partial charge in [0.2, 0.25) is 10.0 Å². The number of rotatable bonds is 5. The summed E-state index contributed by atoms with van der Waals surface area (Å²) in [5.74, 6) is 0.633. The first kappa shape index (κ1) is 15.9. The number of hydrogen-bond acceptors (Lipinski definition) is 5. The van der Waals surface area contributed by atoms with Crippen LogP contribution in [0, 0.1) is 0 Å². The van der Waals surface area contributed by atoms with Crippen molar-refractivity contribution in [1.29, 1.82) is 0 Å². The third kappa shape index (κ3) is 3.86. The van der Waals surface area contributed by atoms with Crippen LogP contribution in [-0.2, 0) is 16.6 Å². The van der Waals surface area contributed by atoms with Gasteiger partial charge in [-0.25, -0.2) is 13.4 Å². The van der Waals surface area contributed by atoms with Gasteiger partial charge in [-0.3, -0.25) is 4.98 Å². The monoisotopic (exact) mass is 332 g/mol. The number of hydrogen-bond donors (Lipinski definition) is 1. The van der Waals surface area contributed by atoms with E-state index in [1.165, 1.54) is 6.20 Å². The van der Waals surface area contributed by atoms with Gasteiger partial charge in [-0.1, -0.05) is 12.5 Å². The molecule has 1 aliphatic rings. The van der Waals surface area contributed by atoms with Gasteiger partial charge >= 0.3 is 0 Å². The molecular weight excluding hydrogens is 312 g/mol. The summed E-state index contributed by atoms with van der Waals surface area (Å²) < 4.78 is 26.6. The zero-order valence-electron chi connectivity index (χ0n) is 12.9. The highest BCUT2D eigenvalue weighted by Gasteiger charge is 2.25. The first-order chi connectivity index (χ1) is 11.2. The quantitative estimate of drug-likeness (QED) is 0.909. The molecule has 7 heteroatoms. The molecule has 6 nitrogen and oxygen atoms in total. The van der Waals surface area contributed by atoms with E-state index >= 15 is 0 Å². The average molecular weight is 332 g/mol. The number of sulfonamides is 1. The summed E-state index contributed by atoms with van der Waals surface area (Å²) in [6.45, 7) is 1.75. The molecule has 1 aliphatic heterocycles. The lowest BCUT2D eigenvalue weighted by Crippen LogP contribution is -2.35. The van der Waals surface area contributed by atoms with E-state index < -0.39 is 10.0 Å². The fraction of sp³-hybridized carbons (Fsp3) is 0.375. The standard InChI is InChI=1S/C16H20N4O2S/c21-23(22,20-10-4-1-5-11-20)15-7-8-16(19-13-15)18-12-14-6-2-3-9-17-14/h2-3,6-9,13H,1,4-5,10-12H2,(H,18,19). The normalized spacial score (nSPS) is 16.2. The molecule has 0 aliphatic carbocycles. The van der Waals surface area contributed by atoms with Crippen LogP contribution in [0.15, 0.2) is 47.6 Å². The summed E-state index contributed by atoms with van der Waals surface area (Å²) in [6.07, 6.45) is 6.11. The maximum Gasteiger partial charge on any atom is 0.244 e. The number of piperidine rings is 1. The second-order valence-electron chi connectivity index (χ2n) is 5.52. The van der Waals surface area contributed by atoms with Crippen molar-refractivity contribution in [2.24, 2.45) is 0 Å². The zero-order chi connectivity index (χ0) is 16.1. The van der Waals surface area contributed by atoms with Crippen LogP contribution in [0.4, 0.5) is 5.82 Å². The second-order valence-corrected chi connectivity index (χ2v) is 7.46. The molecule has 0 atom stereocenters. The number of nitrogens with one attached hydrogen (secondary N) is 1. The van der Waals surface area contributed by atoms with Crippen LogP contribution in [0.2, 0.25) is 0 Å². The number of anilines is 1. The molecule has 2 aromatic rings. The Bertz CT molecular complexity index is 726. The minimum atomic E-state index is -3.42. The van der Waals surface area contributed by atoms with E-state index in [2.05, 4.69) is 15.3 Å². The molecule has 0 radical (unpaired) electrons. The van der Waals surface area contributed by atoms with Crippen LogP contribution in [-0.4, -0.2) is 35.8 Å². The summed E-state index contributed by atoms with van der Waals surface area (Å²) >= 11 is 0. The number of aromatic nitrogens is 2. The molecular formula is C16H20N4O2S. The van der Waals surface area contributed by atoms with Crippen molar-refractivity contribution in [1.82, 2.24) is 14.3 Å². The Labute approximate surface area is 136 Å². The van der Waals surface area contributed by atoms with Crippen LogP contribution >= 0.6 is 0 Å². The molecule has 0 unspecified atom stereocenters. The third-order valence-corrected chi connectivity index (χ3v) is 5.75. The van der Waals surface area contributed by atoms with Crippen molar-refractivity contribution >= 4 is 15.8 Å². The number of pyridine rings is 2. The molecule has 0 amide bonds. The predicted molar refractivity (Wildman–Crippen MR) is 88.4 cm³/mol. The van der Waals surface area contributed by atoms with Gasteiger partial charge in [0, 0.05) is 25.5 Å². The highest BCUT2D eigenvalue weighted by Crippen LogP contribution is 2.20. The maximum absolute atomic E-state index is 12.5. The molecule has 0 aromatic carbocycles. The van der Waals surface area contributed by atoms with Crippen LogP contribution in [0.25, 0.3) is 0 Å². The lowest BCUT2D eigenvalue weighted by atomic mass is 10.2. The minimum Gasteiger partial charge on any atom is -0.364 e. The van der Waals surface area contributed by atoms with Crippen molar-refractivity contribution in [3.8, 4) is 0 Å². The van der Waals surface area contributed by atoms with Gasteiger partial charge in [-0.05, 0) is 37.1 Å². The van der Waals surface area contributed by atoms with E-state index in [9.17, 15) is 8.42 Å². The van der Waals surface area contributed by atoms with Gasteiger partial charge < -0.3 is 5.32 Å². The van der Waals surface area contributed by atoms with Crippen molar-refractivity contribution in [3.63, 3.8) is 0 Å². The third-order valence-electron chi connectivity index (χ3n) is 3.87. The van der Waals surface area contributed by atoms with Gasteiger partial charge in [0.05, 0.1) is 12.2 Å². The lowest BCUT2D eigenvalue weighted by Gasteiger charge is -2.25. The molecule has 0 bridgehead atoms. The molecule has 1 N–H and O–H groups in total. The molecule has 3 heterocycles. The Kier molecular flexibility index (Phi) is 4.88. The van der Waals surface area contributed by atoms with Crippen LogP contribution < -0.4 is 5.32 Å². The van der Waals surface area contributed by atoms with Crippen molar-refractivity contribution in [2.75, 3.05) is 18.4 Å². The van der Waals surface area contributed by atoms with E-state index in [0.29, 0.717) is 25.5 Å². The van der Waals surface area contributed by atoms with Gasteiger partial charge in [0.25, 0.3) is 0 Å². The van der Waals surface area contributed by atoms with Crippen LogP contribution in [0.5, 0.6) is 0 Å². The first-order valence-corrected chi connectivity index (χ1v) is 9.20. The first-order valence-electron chi connectivity index (χ1n) is 7.76. The summed E-state index contributed by atoms with van der Waals surface area (Å²) in [6, 6.07) is 9.01. The lowest BCUT2D eigenvalue weighted by molar-refractivity contribution is 0.346. The molecule has 2 aromatic heterocycles. The van der Waals surface area contributed by atoms with Crippen molar-refractivity contribution in [3.05, 3.63) is 48.4 Å². The van der Waals surface area contributed by atoms with Gasteiger partial charge in [0.15, 0.2) is 0 Å².